The van der Waals surface area contributed by atoms with E-state index in [1.807, 2.05) is 0 Å². The van der Waals surface area contributed by atoms with Gasteiger partial charge in [-0.05, 0) is 25.0 Å². The standard InChI is InChI=1S/C13H11FN2O2/c14-10-5-8(7-17)4-9-6-15-13(16-12(9)10)11-2-1-3-18-11/h4-7,11H,1-3H2. The summed E-state index contributed by atoms with van der Waals surface area (Å²) in [6.45, 7) is 0.693. The van der Waals surface area contributed by atoms with Crippen molar-refractivity contribution in [2.75, 3.05) is 6.61 Å². The second-order valence-electron chi connectivity index (χ2n) is 4.29. The summed E-state index contributed by atoms with van der Waals surface area (Å²) in [6.07, 6.45) is 3.84. The van der Waals surface area contributed by atoms with Crippen LogP contribution < -0.4 is 0 Å². The maximum Gasteiger partial charge on any atom is 0.157 e. The van der Waals surface area contributed by atoms with E-state index < -0.39 is 5.82 Å². The number of benzene rings is 1. The molecule has 5 heteroatoms. The number of aromatic nitrogens is 2. The quantitative estimate of drug-likeness (QED) is 0.764. The van der Waals surface area contributed by atoms with Crippen molar-refractivity contribution in [3.05, 3.63) is 35.5 Å². The fraction of sp³-hybridized carbons (Fsp3) is 0.308. The molecule has 1 unspecified atom stereocenters. The van der Waals surface area contributed by atoms with Crippen LogP contribution in [0.15, 0.2) is 18.3 Å². The van der Waals surface area contributed by atoms with Crippen molar-refractivity contribution < 1.29 is 13.9 Å². The minimum Gasteiger partial charge on any atom is -0.370 e. The van der Waals surface area contributed by atoms with E-state index in [2.05, 4.69) is 9.97 Å². The van der Waals surface area contributed by atoms with Crippen molar-refractivity contribution in [1.82, 2.24) is 9.97 Å². The van der Waals surface area contributed by atoms with E-state index in [0.29, 0.717) is 24.1 Å². The van der Waals surface area contributed by atoms with Gasteiger partial charge in [-0.3, -0.25) is 4.79 Å². The van der Waals surface area contributed by atoms with Crippen LogP contribution in [0.2, 0.25) is 0 Å². The molecule has 0 bridgehead atoms. The molecular weight excluding hydrogens is 235 g/mol. The summed E-state index contributed by atoms with van der Waals surface area (Å²) < 4.78 is 19.3. The molecule has 2 heterocycles. The lowest BCUT2D eigenvalue weighted by Gasteiger charge is -2.08. The Morgan fingerprint density at radius 2 is 2.33 bits per heavy atom. The molecule has 0 spiro atoms. The second kappa shape index (κ2) is 4.42. The van der Waals surface area contributed by atoms with Gasteiger partial charge in [0.15, 0.2) is 5.82 Å². The zero-order chi connectivity index (χ0) is 12.5. The molecule has 0 saturated carbocycles. The van der Waals surface area contributed by atoms with Crippen LogP contribution in [0, 0.1) is 5.82 Å². The molecule has 1 fully saturated rings. The number of hydrogen-bond acceptors (Lipinski definition) is 4. The first kappa shape index (κ1) is 11.2. The van der Waals surface area contributed by atoms with Crippen molar-refractivity contribution in [2.45, 2.75) is 18.9 Å². The summed E-state index contributed by atoms with van der Waals surface area (Å²) in [5.74, 6) is 0.00833. The first-order valence-corrected chi connectivity index (χ1v) is 5.81. The maximum atomic E-state index is 13.8. The number of hydrogen-bond donors (Lipinski definition) is 0. The van der Waals surface area contributed by atoms with Gasteiger partial charge >= 0.3 is 0 Å². The topological polar surface area (TPSA) is 52.1 Å². The Morgan fingerprint density at radius 1 is 1.44 bits per heavy atom. The predicted molar refractivity (Wildman–Crippen MR) is 62.8 cm³/mol. The third-order valence-electron chi connectivity index (χ3n) is 3.03. The molecule has 1 aliphatic heterocycles. The van der Waals surface area contributed by atoms with Gasteiger partial charge in [-0.15, -0.1) is 0 Å². The SMILES string of the molecule is O=Cc1cc(F)c2nc(C3CCCO3)ncc2c1. The highest BCUT2D eigenvalue weighted by atomic mass is 19.1. The number of carbonyl (C=O) groups is 1. The average Bonchev–Trinajstić information content (AvgIpc) is 2.92. The smallest absolute Gasteiger partial charge is 0.157 e. The molecule has 4 nitrogen and oxygen atoms in total. The van der Waals surface area contributed by atoms with E-state index in [1.165, 1.54) is 12.3 Å². The Labute approximate surface area is 103 Å². The van der Waals surface area contributed by atoms with E-state index in [9.17, 15) is 9.18 Å². The molecule has 18 heavy (non-hydrogen) atoms. The fourth-order valence-corrected chi connectivity index (χ4v) is 2.14. The Kier molecular flexibility index (Phi) is 2.76. The lowest BCUT2D eigenvalue weighted by molar-refractivity contribution is 0.105. The molecule has 1 aromatic carbocycles. The van der Waals surface area contributed by atoms with Crippen LogP contribution in [-0.2, 0) is 4.74 Å². The van der Waals surface area contributed by atoms with Gasteiger partial charge in [-0.25, -0.2) is 14.4 Å². The first-order valence-electron chi connectivity index (χ1n) is 5.81. The molecule has 2 aromatic rings. The number of rotatable bonds is 2. The van der Waals surface area contributed by atoms with Gasteiger partial charge in [0.2, 0.25) is 0 Å². The molecule has 1 atom stereocenters. The monoisotopic (exact) mass is 246 g/mol. The van der Waals surface area contributed by atoms with E-state index in [1.54, 1.807) is 6.07 Å². The summed E-state index contributed by atoms with van der Waals surface area (Å²) in [7, 11) is 0. The average molecular weight is 246 g/mol. The molecule has 0 amide bonds. The van der Waals surface area contributed by atoms with Gasteiger partial charge in [-0.2, -0.15) is 0 Å². The normalized spacial score (nSPS) is 19.3. The molecule has 0 N–H and O–H groups in total. The van der Waals surface area contributed by atoms with Crippen molar-refractivity contribution in [1.29, 1.82) is 0 Å². The Bertz CT molecular complexity index is 609. The second-order valence-corrected chi connectivity index (χ2v) is 4.29. The molecule has 3 rings (SSSR count). The highest BCUT2D eigenvalue weighted by Gasteiger charge is 2.21. The van der Waals surface area contributed by atoms with Crippen LogP contribution in [0.25, 0.3) is 10.9 Å². The first-order chi connectivity index (χ1) is 8.78. The van der Waals surface area contributed by atoms with E-state index in [0.717, 1.165) is 12.8 Å². The summed E-state index contributed by atoms with van der Waals surface area (Å²) in [4.78, 5) is 19.0. The van der Waals surface area contributed by atoms with Crippen LogP contribution in [-0.4, -0.2) is 22.9 Å². The van der Waals surface area contributed by atoms with Crippen molar-refractivity contribution in [2.24, 2.45) is 0 Å². The van der Waals surface area contributed by atoms with E-state index >= 15 is 0 Å². The van der Waals surface area contributed by atoms with Gasteiger partial charge in [0.05, 0.1) is 0 Å². The number of aldehydes is 1. The van der Waals surface area contributed by atoms with Crippen molar-refractivity contribution in [3.8, 4) is 0 Å². The van der Waals surface area contributed by atoms with Crippen LogP contribution in [0.3, 0.4) is 0 Å². The van der Waals surface area contributed by atoms with Crippen LogP contribution in [0.4, 0.5) is 4.39 Å². The zero-order valence-electron chi connectivity index (χ0n) is 9.60. The van der Waals surface area contributed by atoms with Gasteiger partial charge < -0.3 is 4.74 Å². The third-order valence-corrected chi connectivity index (χ3v) is 3.03. The summed E-state index contributed by atoms with van der Waals surface area (Å²) in [5.41, 5.74) is 0.523. The largest absolute Gasteiger partial charge is 0.370 e. The van der Waals surface area contributed by atoms with Crippen LogP contribution in [0.5, 0.6) is 0 Å². The number of halogens is 1. The molecular formula is C13H11FN2O2. The molecule has 0 radical (unpaired) electrons. The highest BCUT2D eigenvalue weighted by Crippen LogP contribution is 2.27. The summed E-state index contributed by atoms with van der Waals surface area (Å²) in [5, 5.41) is 0.527. The molecule has 1 saturated heterocycles. The highest BCUT2D eigenvalue weighted by molar-refractivity contribution is 5.86. The molecule has 1 aliphatic rings. The molecule has 0 aliphatic carbocycles. The Hall–Kier alpha value is -1.88. The molecule has 1 aromatic heterocycles. The number of nitrogens with zero attached hydrogens (tertiary/aromatic N) is 2. The minimum atomic E-state index is -0.503. The molecule has 92 valence electrons. The number of carbonyl (C=O) groups excluding carboxylic acids is 1. The number of ether oxygens (including phenoxy) is 1. The summed E-state index contributed by atoms with van der Waals surface area (Å²) >= 11 is 0. The summed E-state index contributed by atoms with van der Waals surface area (Å²) in [6, 6.07) is 2.76. The lowest BCUT2D eigenvalue weighted by atomic mass is 10.1. The van der Waals surface area contributed by atoms with E-state index in [-0.39, 0.29) is 17.2 Å². The maximum absolute atomic E-state index is 13.8. The predicted octanol–water partition coefficient (Wildman–Crippen LogP) is 2.43. The van der Waals surface area contributed by atoms with Crippen LogP contribution >= 0.6 is 0 Å². The van der Waals surface area contributed by atoms with Crippen molar-refractivity contribution >= 4 is 17.2 Å². The Morgan fingerprint density at radius 3 is 3.06 bits per heavy atom. The Balaban J connectivity index is 2.11. The van der Waals surface area contributed by atoms with Gasteiger partial charge in [0, 0.05) is 23.8 Å². The third kappa shape index (κ3) is 1.86. The van der Waals surface area contributed by atoms with Crippen LogP contribution in [0.1, 0.15) is 35.1 Å². The minimum absolute atomic E-state index is 0.139. The lowest BCUT2D eigenvalue weighted by Crippen LogP contribution is -2.03. The number of fused-ring (bicyclic) bond motifs is 1. The van der Waals surface area contributed by atoms with Gasteiger partial charge in [-0.1, -0.05) is 0 Å². The van der Waals surface area contributed by atoms with Crippen molar-refractivity contribution in [3.63, 3.8) is 0 Å². The zero-order valence-corrected chi connectivity index (χ0v) is 9.60. The van der Waals surface area contributed by atoms with Gasteiger partial charge in [0.25, 0.3) is 0 Å². The van der Waals surface area contributed by atoms with Gasteiger partial charge in [0.1, 0.15) is 23.7 Å². The fourth-order valence-electron chi connectivity index (χ4n) is 2.14. The van der Waals surface area contributed by atoms with E-state index in [4.69, 9.17) is 4.74 Å².